The minimum Gasteiger partial charge on any atom is -0.481 e. The van der Waals surface area contributed by atoms with Gasteiger partial charge in [0.25, 0.3) is 0 Å². The molecule has 16 heavy (non-hydrogen) atoms. The molecule has 1 aliphatic rings. The Morgan fingerprint density at radius 3 is 2.25 bits per heavy atom. The summed E-state index contributed by atoms with van der Waals surface area (Å²) >= 11 is 0. The molecule has 0 aliphatic heterocycles. The molecule has 0 bridgehead atoms. The maximum absolute atomic E-state index is 11.9. The Bertz CT molecular complexity index is 275. The first-order valence-corrected chi connectivity index (χ1v) is 5.96. The molecule has 0 spiro atoms. The van der Waals surface area contributed by atoms with Gasteiger partial charge in [0.15, 0.2) is 0 Å². The van der Waals surface area contributed by atoms with E-state index < -0.39 is 11.9 Å². The van der Waals surface area contributed by atoms with Crippen LogP contribution < -0.4 is 5.32 Å². The average molecular weight is 227 g/mol. The van der Waals surface area contributed by atoms with Crippen molar-refractivity contribution in [3.8, 4) is 0 Å². The predicted octanol–water partition coefficient (Wildman–Crippen LogP) is 1.65. The van der Waals surface area contributed by atoms with E-state index in [0.29, 0.717) is 18.8 Å². The monoisotopic (exact) mass is 227 g/mol. The summed E-state index contributed by atoms with van der Waals surface area (Å²) in [6, 6.07) is 0.0996. The smallest absolute Gasteiger partial charge is 0.307 e. The largest absolute Gasteiger partial charge is 0.481 e. The fourth-order valence-corrected chi connectivity index (χ4v) is 2.07. The van der Waals surface area contributed by atoms with Crippen LogP contribution in [0.15, 0.2) is 0 Å². The van der Waals surface area contributed by atoms with Gasteiger partial charge in [-0.3, -0.25) is 9.59 Å². The highest BCUT2D eigenvalue weighted by Gasteiger charge is 2.38. The van der Waals surface area contributed by atoms with Crippen LogP contribution in [0.4, 0.5) is 0 Å². The van der Waals surface area contributed by atoms with E-state index in [0.717, 1.165) is 6.42 Å². The third-order valence-corrected chi connectivity index (χ3v) is 3.54. The molecule has 3 atom stereocenters. The van der Waals surface area contributed by atoms with E-state index in [2.05, 4.69) is 5.32 Å². The quantitative estimate of drug-likeness (QED) is 0.767. The molecule has 92 valence electrons. The van der Waals surface area contributed by atoms with Crippen molar-refractivity contribution in [2.24, 2.45) is 17.8 Å². The molecule has 1 aliphatic carbocycles. The summed E-state index contributed by atoms with van der Waals surface area (Å²) in [5, 5.41) is 11.9. The number of hydrogen-bond donors (Lipinski definition) is 2. The number of carboxylic acids is 1. The lowest BCUT2D eigenvalue weighted by Crippen LogP contribution is -2.42. The molecule has 4 nitrogen and oxygen atoms in total. The number of amides is 1. The molecule has 1 amide bonds. The Kier molecular flexibility index (Phi) is 4.33. The Morgan fingerprint density at radius 2 is 1.75 bits per heavy atom. The number of carbonyl (C=O) groups is 2. The van der Waals surface area contributed by atoms with Gasteiger partial charge in [-0.15, -0.1) is 0 Å². The normalized spacial score (nSPS) is 26.8. The summed E-state index contributed by atoms with van der Waals surface area (Å²) in [4.78, 5) is 22.9. The minimum atomic E-state index is -0.838. The maximum atomic E-state index is 11.9. The van der Waals surface area contributed by atoms with Crippen LogP contribution in [0.3, 0.4) is 0 Å². The van der Waals surface area contributed by atoms with Gasteiger partial charge in [0.2, 0.25) is 5.91 Å². The molecule has 1 rings (SSSR count). The summed E-state index contributed by atoms with van der Waals surface area (Å²) < 4.78 is 0. The van der Waals surface area contributed by atoms with Crippen molar-refractivity contribution in [3.63, 3.8) is 0 Å². The van der Waals surface area contributed by atoms with E-state index in [-0.39, 0.29) is 17.9 Å². The zero-order chi connectivity index (χ0) is 12.3. The predicted molar refractivity (Wildman–Crippen MR) is 60.9 cm³/mol. The highest BCUT2D eigenvalue weighted by atomic mass is 16.4. The summed E-state index contributed by atoms with van der Waals surface area (Å²) in [5.74, 6) is -1.38. The highest BCUT2D eigenvalue weighted by molar-refractivity contribution is 5.85. The molecule has 0 aromatic carbocycles. The second kappa shape index (κ2) is 5.32. The third kappa shape index (κ3) is 2.97. The van der Waals surface area contributed by atoms with Crippen molar-refractivity contribution in [3.05, 3.63) is 0 Å². The first-order valence-electron chi connectivity index (χ1n) is 5.96. The van der Waals surface area contributed by atoms with Crippen molar-refractivity contribution in [2.75, 3.05) is 0 Å². The van der Waals surface area contributed by atoms with Gasteiger partial charge in [-0.05, 0) is 25.7 Å². The van der Waals surface area contributed by atoms with E-state index in [9.17, 15) is 9.59 Å². The van der Waals surface area contributed by atoms with Gasteiger partial charge < -0.3 is 10.4 Å². The lowest BCUT2D eigenvalue weighted by Gasteiger charge is -2.21. The van der Waals surface area contributed by atoms with Gasteiger partial charge in [0.05, 0.1) is 11.8 Å². The molecule has 3 unspecified atom stereocenters. The van der Waals surface area contributed by atoms with Gasteiger partial charge in [-0.25, -0.2) is 0 Å². The molecular formula is C12H21NO3. The fourth-order valence-electron chi connectivity index (χ4n) is 2.07. The minimum absolute atomic E-state index is 0.0916. The number of hydrogen-bond acceptors (Lipinski definition) is 2. The summed E-state index contributed by atoms with van der Waals surface area (Å²) in [6.45, 7) is 6.02. The SMILES string of the molecule is CC(C)C(C)NC(=O)C1CCCC1C(=O)O. The van der Waals surface area contributed by atoms with Gasteiger partial charge in [-0.1, -0.05) is 20.3 Å². The lowest BCUT2D eigenvalue weighted by atomic mass is 9.94. The fraction of sp³-hybridized carbons (Fsp3) is 0.833. The van der Waals surface area contributed by atoms with Crippen molar-refractivity contribution < 1.29 is 14.7 Å². The Balaban J connectivity index is 2.56. The number of carboxylic acid groups (broad SMARTS) is 1. The molecule has 1 saturated carbocycles. The number of rotatable bonds is 4. The van der Waals surface area contributed by atoms with Crippen LogP contribution in [0.2, 0.25) is 0 Å². The number of aliphatic carboxylic acids is 1. The average Bonchev–Trinajstić information content (AvgIpc) is 2.65. The topological polar surface area (TPSA) is 66.4 Å². The molecule has 4 heteroatoms. The molecule has 0 radical (unpaired) electrons. The van der Waals surface area contributed by atoms with Gasteiger partial charge >= 0.3 is 5.97 Å². The highest BCUT2D eigenvalue weighted by Crippen LogP contribution is 2.32. The van der Waals surface area contributed by atoms with E-state index >= 15 is 0 Å². The van der Waals surface area contributed by atoms with E-state index in [4.69, 9.17) is 5.11 Å². The maximum Gasteiger partial charge on any atom is 0.307 e. The van der Waals surface area contributed by atoms with Crippen LogP contribution in [0, 0.1) is 17.8 Å². The van der Waals surface area contributed by atoms with Crippen LogP contribution in [-0.4, -0.2) is 23.0 Å². The van der Waals surface area contributed by atoms with Gasteiger partial charge in [0, 0.05) is 6.04 Å². The first kappa shape index (κ1) is 13.0. The Morgan fingerprint density at radius 1 is 1.19 bits per heavy atom. The van der Waals surface area contributed by atoms with Crippen molar-refractivity contribution >= 4 is 11.9 Å². The molecule has 0 saturated heterocycles. The standard InChI is InChI=1S/C12H21NO3/c1-7(2)8(3)13-11(14)9-5-4-6-10(9)12(15)16/h7-10H,4-6H2,1-3H3,(H,13,14)(H,15,16). The van der Waals surface area contributed by atoms with Crippen molar-refractivity contribution in [2.45, 2.75) is 46.1 Å². The van der Waals surface area contributed by atoms with Crippen molar-refractivity contribution in [1.82, 2.24) is 5.32 Å². The van der Waals surface area contributed by atoms with Crippen LogP contribution in [0.25, 0.3) is 0 Å². The van der Waals surface area contributed by atoms with E-state index in [1.54, 1.807) is 0 Å². The first-order chi connectivity index (χ1) is 7.43. The molecule has 0 aromatic rings. The Labute approximate surface area is 96.4 Å². The van der Waals surface area contributed by atoms with E-state index in [1.807, 2.05) is 20.8 Å². The molecule has 2 N–H and O–H groups in total. The van der Waals surface area contributed by atoms with Crippen LogP contribution in [-0.2, 0) is 9.59 Å². The number of nitrogens with one attached hydrogen (secondary N) is 1. The van der Waals surface area contributed by atoms with Crippen LogP contribution in [0.5, 0.6) is 0 Å². The van der Waals surface area contributed by atoms with Gasteiger partial charge in [0.1, 0.15) is 0 Å². The number of carbonyl (C=O) groups excluding carboxylic acids is 1. The van der Waals surface area contributed by atoms with Crippen LogP contribution >= 0.6 is 0 Å². The summed E-state index contributed by atoms with van der Waals surface area (Å²) in [7, 11) is 0. The zero-order valence-corrected chi connectivity index (χ0v) is 10.2. The Hall–Kier alpha value is -1.06. The van der Waals surface area contributed by atoms with Crippen molar-refractivity contribution in [1.29, 1.82) is 0 Å². The van der Waals surface area contributed by atoms with E-state index in [1.165, 1.54) is 0 Å². The zero-order valence-electron chi connectivity index (χ0n) is 10.2. The lowest BCUT2D eigenvalue weighted by molar-refractivity contribution is -0.146. The third-order valence-electron chi connectivity index (χ3n) is 3.54. The second-order valence-electron chi connectivity index (χ2n) is 5.02. The van der Waals surface area contributed by atoms with Crippen LogP contribution in [0.1, 0.15) is 40.0 Å². The molecule has 0 heterocycles. The molecular weight excluding hydrogens is 206 g/mol. The summed E-state index contributed by atoms with van der Waals surface area (Å²) in [5.41, 5.74) is 0. The summed E-state index contributed by atoms with van der Waals surface area (Å²) in [6.07, 6.45) is 2.17. The molecule has 0 aromatic heterocycles. The molecule has 1 fully saturated rings. The second-order valence-corrected chi connectivity index (χ2v) is 5.02. The van der Waals surface area contributed by atoms with Gasteiger partial charge in [-0.2, -0.15) is 0 Å².